The Labute approximate surface area is 117 Å². The molecule has 0 spiro atoms. The highest BCUT2D eigenvalue weighted by atomic mass is 35.5. The normalized spacial score (nSPS) is 10.3. The van der Waals surface area contributed by atoms with Crippen molar-refractivity contribution in [1.82, 2.24) is 4.98 Å². The molecular formula is C14H15ClN2O2. The van der Waals surface area contributed by atoms with Crippen molar-refractivity contribution < 1.29 is 9.47 Å². The molecule has 0 unspecified atom stereocenters. The summed E-state index contributed by atoms with van der Waals surface area (Å²) in [5.74, 6) is 1.80. The largest absolute Gasteiger partial charge is 0.494 e. The SMILES string of the molecule is CCOc1ccc(Oc2nccc(CN)c2Cl)cc1. The van der Waals surface area contributed by atoms with Gasteiger partial charge in [0.05, 0.1) is 6.61 Å². The summed E-state index contributed by atoms with van der Waals surface area (Å²) >= 11 is 6.15. The Morgan fingerprint density at radius 3 is 2.47 bits per heavy atom. The van der Waals surface area contributed by atoms with Gasteiger partial charge in [0.1, 0.15) is 16.5 Å². The molecule has 0 radical (unpaired) electrons. The maximum absolute atomic E-state index is 6.15. The maximum Gasteiger partial charge on any atom is 0.238 e. The van der Waals surface area contributed by atoms with Crippen molar-refractivity contribution in [2.24, 2.45) is 5.73 Å². The summed E-state index contributed by atoms with van der Waals surface area (Å²) in [4.78, 5) is 4.10. The topological polar surface area (TPSA) is 57.4 Å². The minimum atomic E-state index is 0.348. The van der Waals surface area contributed by atoms with Gasteiger partial charge in [-0.1, -0.05) is 11.6 Å². The van der Waals surface area contributed by atoms with Gasteiger partial charge >= 0.3 is 0 Å². The van der Waals surface area contributed by atoms with Gasteiger partial charge in [0.25, 0.3) is 0 Å². The van der Waals surface area contributed by atoms with Gasteiger partial charge in [0.15, 0.2) is 0 Å². The van der Waals surface area contributed by atoms with Crippen molar-refractivity contribution in [3.05, 3.63) is 47.1 Å². The number of pyridine rings is 1. The third kappa shape index (κ3) is 3.36. The summed E-state index contributed by atoms with van der Waals surface area (Å²) < 4.78 is 11.0. The molecule has 0 saturated heterocycles. The number of nitrogens with two attached hydrogens (primary N) is 1. The highest BCUT2D eigenvalue weighted by Gasteiger charge is 2.08. The van der Waals surface area contributed by atoms with Gasteiger partial charge in [-0.15, -0.1) is 0 Å². The maximum atomic E-state index is 6.15. The van der Waals surface area contributed by atoms with E-state index in [9.17, 15) is 0 Å². The van der Waals surface area contributed by atoms with Crippen LogP contribution >= 0.6 is 11.6 Å². The second kappa shape index (κ2) is 6.41. The second-order valence-electron chi connectivity index (χ2n) is 3.80. The molecule has 0 atom stereocenters. The summed E-state index contributed by atoms with van der Waals surface area (Å²) in [6.07, 6.45) is 1.62. The molecule has 0 amide bonds. The van der Waals surface area contributed by atoms with Crippen LogP contribution in [0.25, 0.3) is 0 Å². The smallest absolute Gasteiger partial charge is 0.238 e. The van der Waals surface area contributed by atoms with Crippen LogP contribution in [0.2, 0.25) is 5.02 Å². The summed E-state index contributed by atoms with van der Waals surface area (Å²) in [6, 6.07) is 9.04. The highest BCUT2D eigenvalue weighted by molar-refractivity contribution is 6.32. The van der Waals surface area contributed by atoms with Crippen LogP contribution in [0.3, 0.4) is 0 Å². The van der Waals surface area contributed by atoms with Crippen molar-refractivity contribution in [2.45, 2.75) is 13.5 Å². The van der Waals surface area contributed by atoms with E-state index in [-0.39, 0.29) is 0 Å². The van der Waals surface area contributed by atoms with Gasteiger partial charge < -0.3 is 15.2 Å². The average Bonchev–Trinajstić information content (AvgIpc) is 2.43. The number of hydrogen-bond acceptors (Lipinski definition) is 4. The quantitative estimate of drug-likeness (QED) is 0.911. The van der Waals surface area contributed by atoms with Crippen LogP contribution < -0.4 is 15.2 Å². The number of aromatic nitrogens is 1. The first-order valence-corrected chi connectivity index (χ1v) is 6.36. The third-order valence-electron chi connectivity index (χ3n) is 2.51. The average molecular weight is 279 g/mol. The van der Waals surface area contributed by atoms with Crippen molar-refractivity contribution >= 4 is 11.6 Å². The molecule has 1 heterocycles. The summed E-state index contributed by atoms with van der Waals surface area (Å²) in [7, 11) is 0. The molecule has 1 aromatic heterocycles. The lowest BCUT2D eigenvalue weighted by molar-refractivity contribution is 0.339. The fraction of sp³-hybridized carbons (Fsp3) is 0.214. The molecule has 19 heavy (non-hydrogen) atoms. The molecule has 2 N–H and O–H groups in total. The lowest BCUT2D eigenvalue weighted by Gasteiger charge is -2.09. The summed E-state index contributed by atoms with van der Waals surface area (Å²) in [5, 5.41) is 0.443. The van der Waals surface area contributed by atoms with E-state index in [0.717, 1.165) is 11.3 Å². The summed E-state index contributed by atoms with van der Waals surface area (Å²) in [5.41, 5.74) is 6.39. The fourth-order valence-electron chi connectivity index (χ4n) is 1.57. The van der Waals surface area contributed by atoms with Gasteiger partial charge in [0.2, 0.25) is 5.88 Å². The van der Waals surface area contributed by atoms with Crippen molar-refractivity contribution in [3.8, 4) is 17.4 Å². The molecule has 2 rings (SSSR count). The lowest BCUT2D eigenvalue weighted by atomic mass is 10.2. The zero-order valence-electron chi connectivity index (χ0n) is 10.6. The first-order chi connectivity index (χ1) is 9.24. The molecule has 0 aliphatic rings. The Morgan fingerprint density at radius 2 is 1.84 bits per heavy atom. The molecule has 0 bridgehead atoms. The molecule has 2 aromatic rings. The zero-order valence-corrected chi connectivity index (χ0v) is 11.4. The standard InChI is InChI=1S/C14H15ClN2O2/c1-2-18-11-3-5-12(6-4-11)19-14-13(15)10(9-16)7-8-17-14/h3-8H,2,9,16H2,1H3. The Morgan fingerprint density at radius 1 is 1.16 bits per heavy atom. The Kier molecular flexibility index (Phi) is 4.60. The van der Waals surface area contributed by atoms with Crippen LogP contribution in [0, 0.1) is 0 Å². The summed E-state index contributed by atoms with van der Waals surface area (Å²) in [6.45, 7) is 2.92. The lowest BCUT2D eigenvalue weighted by Crippen LogP contribution is -1.99. The van der Waals surface area contributed by atoms with E-state index in [4.69, 9.17) is 26.8 Å². The van der Waals surface area contributed by atoms with E-state index < -0.39 is 0 Å². The fourth-order valence-corrected chi connectivity index (χ4v) is 1.80. The molecule has 1 aromatic carbocycles. The molecule has 5 heteroatoms. The molecule has 0 fully saturated rings. The second-order valence-corrected chi connectivity index (χ2v) is 4.18. The van der Waals surface area contributed by atoms with Crippen LogP contribution in [0.15, 0.2) is 36.5 Å². The van der Waals surface area contributed by atoms with Gasteiger partial charge in [-0.25, -0.2) is 4.98 Å². The number of ether oxygens (including phenoxy) is 2. The zero-order chi connectivity index (χ0) is 13.7. The van der Waals surface area contributed by atoms with Gasteiger partial charge in [0, 0.05) is 12.7 Å². The highest BCUT2D eigenvalue weighted by Crippen LogP contribution is 2.30. The molecule has 4 nitrogen and oxygen atoms in total. The minimum Gasteiger partial charge on any atom is -0.494 e. The van der Waals surface area contributed by atoms with Gasteiger partial charge in [-0.3, -0.25) is 0 Å². The first-order valence-electron chi connectivity index (χ1n) is 5.98. The van der Waals surface area contributed by atoms with Crippen LogP contribution in [-0.4, -0.2) is 11.6 Å². The van der Waals surface area contributed by atoms with Crippen molar-refractivity contribution in [3.63, 3.8) is 0 Å². The number of hydrogen-bond donors (Lipinski definition) is 1. The van der Waals surface area contributed by atoms with Crippen LogP contribution in [0.5, 0.6) is 17.4 Å². The van der Waals surface area contributed by atoms with Gasteiger partial charge in [-0.2, -0.15) is 0 Å². The van der Waals surface area contributed by atoms with E-state index in [2.05, 4.69) is 4.98 Å². The van der Waals surface area contributed by atoms with Gasteiger partial charge in [-0.05, 0) is 42.8 Å². The Bertz CT molecular complexity index is 544. The van der Waals surface area contributed by atoms with E-state index in [1.165, 1.54) is 0 Å². The Balaban J connectivity index is 2.16. The third-order valence-corrected chi connectivity index (χ3v) is 2.91. The van der Waals surface area contributed by atoms with Crippen LogP contribution in [0.4, 0.5) is 0 Å². The molecule has 0 aliphatic heterocycles. The molecule has 0 aliphatic carbocycles. The van der Waals surface area contributed by atoms with E-state index in [1.54, 1.807) is 24.4 Å². The molecule has 0 saturated carbocycles. The van der Waals surface area contributed by atoms with E-state index in [1.807, 2.05) is 19.1 Å². The molecule has 100 valence electrons. The van der Waals surface area contributed by atoms with Crippen LogP contribution in [0.1, 0.15) is 12.5 Å². The van der Waals surface area contributed by atoms with Crippen molar-refractivity contribution in [2.75, 3.05) is 6.61 Å². The van der Waals surface area contributed by atoms with Crippen LogP contribution in [-0.2, 0) is 6.54 Å². The minimum absolute atomic E-state index is 0.348. The Hall–Kier alpha value is -1.78. The number of benzene rings is 1. The van der Waals surface area contributed by atoms with Crippen molar-refractivity contribution in [1.29, 1.82) is 0 Å². The number of halogens is 1. The monoisotopic (exact) mass is 278 g/mol. The predicted octanol–water partition coefficient (Wildman–Crippen LogP) is 3.38. The number of rotatable bonds is 5. The first kappa shape index (κ1) is 13.6. The number of nitrogens with zero attached hydrogens (tertiary/aromatic N) is 1. The predicted molar refractivity (Wildman–Crippen MR) is 74.8 cm³/mol. The molecular weight excluding hydrogens is 264 g/mol. The van der Waals surface area contributed by atoms with E-state index in [0.29, 0.717) is 29.8 Å². The van der Waals surface area contributed by atoms with E-state index >= 15 is 0 Å².